The molecular formula is C15H13BrN6O2. The van der Waals surface area contributed by atoms with Crippen molar-refractivity contribution in [1.82, 2.24) is 19.1 Å². The van der Waals surface area contributed by atoms with Crippen molar-refractivity contribution in [3.8, 4) is 0 Å². The van der Waals surface area contributed by atoms with Crippen LogP contribution in [-0.4, -0.2) is 25.3 Å². The zero-order valence-corrected chi connectivity index (χ0v) is 14.5. The first-order valence-electron chi connectivity index (χ1n) is 6.95. The van der Waals surface area contributed by atoms with Crippen molar-refractivity contribution in [2.45, 2.75) is 0 Å². The summed E-state index contributed by atoms with van der Waals surface area (Å²) >= 11 is 3.36. The molecule has 3 rings (SSSR count). The smallest absolute Gasteiger partial charge is 0.279 e. The second-order valence-electron chi connectivity index (χ2n) is 5.05. The van der Waals surface area contributed by atoms with Crippen molar-refractivity contribution in [2.75, 3.05) is 5.43 Å². The maximum Gasteiger partial charge on any atom is 0.332 e. The SMILES string of the molecule is Cn1c(=O)c2nc(N/N=C/c3ccc(Br)cc3)cnc2n(C)c1=O. The third-order valence-corrected chi connectivity index (χ3v) is 3.94. The second kappa shape index (κ2) is 6.36. The lowest BCUT2D eigenvalue weighted by atomic mass is 10.2. The standard InChI is InChI=1S/C15H13BrN6O2/c1-21-13-12(14(23)22(2)15(21)24)19-11(8-17-13)20-18-7-9-3-5-10(16)6-4-9/h3-8H,1-2H3,(H,19,20)/b18-7+. The number of hydrogen-bond donors (Lipinski definition) is 1. The van der Waals surface area contributed by atoms with Crippen molar-refractivity contribution in [3.05, 3.63) is 61.3 Å². The van der Waals surface area contributed by atoms with Crippen LogP contribution in [-0.2, 0) is 14.1 Å². The van der Waals surface area contributed by atoms with E-state index < -0.39 is 11.2 Å². The Morgan fingerprint density at radius 3 is 2.58 bits per heavy atom. The molecule has 2 heterocycles. The van der Waals surface area contributed by atoms with E-state index in [2.05, 4.69) is 36.4 Å². The molecule has 9 heteroatoms. The van der Waals surface area contributed by atoms with Crippen molar-refractivity contribution < 1.29 is 0 Å². The molecule has 0 radical (unpaired) electrons. The third kappa shape index (κ3) is 2.98. The van der Waals surface area contributed by atoms with E-state index in [1.807, 2.05) is 24.3 Å². The average molecular weight is 389 g/mol. The maximum atomic E-state index is 12.2. The number of hydrazone groups is 1. The average Bonchev–Trinajstić information content (AvgIpc) is 2.59. The van der Waals surface area contributed by atoms with Gasteiger partial charge in [-0.15, -0.1) is 0 Å². The molecule has 0 spiro atoms. The predicted octanol–water partition coefficient (Wildman–Crippen LogP) is 1.24. The lowest BCUT2D eigenvalue weighted by molar-refractivity contribution is 0.704. The van der Waals surface area contributed by atoms with Crippen LogP contribution in [0.15, 0.2) is 49.6 Å². The first-order valence-corrected chi connectivity index (χ1v) is 7.74. The van der Waals surface area contributed by atoms with Gasteiger partial charge in [0.1, 0.15) is 0 Å². The summed E-state index contributed by atoms with van der Waals surface area (Å²) in [6.45, 7) is 0. The van der Waals surface area contributed by atoms with E-state index in [9.17, 15) is 9.59 Å². The molecule has 1 N–H and O–H groups in total. The largest absolute Gasteiger partial charge is 0.332 e. The van der Waals surface area contributed by atoms with Gasteiger partial charge < -0.3 is 0 Å². The van der Waals surface area contributed by atoms with Crippen LogP contribution in [0.5, 0.6) is 0 Å². The molecule has 0 aliphatic heterocycles. The molecule has 0 aliphatic carbocycles. The van der Waals surface area contributed by atoms with E-state index in [0.29, 0.717) is 5.82 Å². The van der Waals surface area contributed by atoms with Gasteiger partial charge in [-0.25, -0.2) is 14.8 Å². The number of benzene rings is 1. The van der Waals surface area contributed by atoms with E-state index in [0.717, 1.165) is 14.6 Å². The van der Waals surface area contributed by atoms with Crippen LogP contribution < -0.4 is 16.7 Å². The minimum absolute atomic E-state index is 0.100. The molecule has 0 aliphatic rings. The molecule has 0 saturated heterocycles. The normalized spacial score (nSPS) is 11.3. The number of nitrogens with zero attached hydrogens (tertiary/aromatic N) is 5. The van der Waals surface area contributed by atoms with E-state index in [4.69, 9.17) is 0 Å². The summed E-state index contributed by atoms with van der Waals surface area (Å²) < 4.78 is 3.25. The van der Waals surface area contributed by atoms with Crippen LogP contribution in [0.3, 0.4) is 0 Å². The Morgan fingerprint density at radius 2 is 1.88 bits per heavy atom. The molecule has 0 bridgehead atoms. The number of nitrogens with one attached hydrogen (secondary N) is 1. The van der Waals surface area contributed by atoms with Crippen LogP contribution in [0, 0.1) is 0 Å². The fourth-order valence-corrected chi connectivity index (χ4v) is 2.37. The highest BCUT2D eigenvalue weighted by Crippen LogP contribution is 2.09. The first kappa shape index (κ1) is 16.1. The number of rotatable bonds is 3. The Kier molecular flexibility index (Phi) is 4.26. The van der Waals surface area contributed by atoms with Crippen molar-refractivity contribution in [2.24, 2.45) is 19.2 Å². The molecule has 3 aromatic rings. The molecule has 0 amide bonds. The van der Waals surface area contributed by atoms with Crippen molar-refractivity contribution in [1.29, 1.82) is 0 Å². The number of aryl methyl sites for hydroxylation is 1. The monoisotopic (exact) mass is 388 g/mol. The van der Waals surface area contributed by atoms with Gasteiger partial charge in [-0.1, -0.05) is 28.1 Å². The van der Waals surface area contributed by atoms with Crippen LogP contribution in [0.4, 0.5) is 5.82 Å². The highest BCUT2D eigenvalue weighted by Gasteiger charge is 2.11. The van der Waals surface area contributed by atoms with E-state index in [-0.39, 0.29) is 11.2 Å². The number of fused-ring (bicyclic) bond motifs is 1. The second-order valence-corrected chi connectivity index (χ2v) is 5.97. The molecule has 0 fully saturated rings. The molecule has 0 atom stereocenters. The third-order valence-electron chi connectivity index (χ3n) is 3.41. The van der Waals surface area contributed by atoms with Crippen molar-refractivity contribution >= 4 is 39.1 Å². The molecule has 0 unspecified atom stereocenters. The number of anilines is 1. The Bertz CT molecular complexity index is 1050. The summed E-state index contributed by atoms with van der Waals surface area (Å²) in [6.07, 6.45) is 3.04. The summed E-state index contributed by atoms with van der Waals surface area (Å²) in [5.74, 6) is 0.312. The van der Waals surface area contributed by atoms with Crippen LogP contribution in [0.25, 0.3) is 11.2 Å². The van der Waals surface area contributed by atoms with Gasteiger partial charge in [0.2, 0.25) is 0 Å². The van der Waals surface area contributed by atoms with Gasteiger partial charge in [0.15, 0.2) is 17.0 Å². The van der Waals surface area contributed by atoms with Crippen LogP contribution in [0.2, 0.25) is 0 Å². The van der Waals surface area contributed by atoms with Crippen LogP contribution in [0.1, 0.15) is 5.56 Å². The first-order chi connectivity index (χ1) is 11.5. The van der Waals surface area contributed by atoms with E-state index in [1.54, 1.807) is 6.21 Å². The fourth-order valence-electron chi connectivity index (χ4n) is 2.11. The van der Waals surface area contributed by atoms with E-state index >= 15 is 0 Å². The summed E-state index contributed by atoms with van der Waals surface area (Å²) in [5, 5.41) is 4.07. The Labute approximate surface area is 144 Å². The molecule has 122 valence electrons. The number of hydrogen-bond acceptors (Lipinski definition) is 6. The molecule has 0 saturated carbocycles. The van der Waals surface area contributed by atoms with Gasteiger partial charge in [0, 0.05) is 18.6 Å². The summed E-state index contributed by atoms with van der Waals surface area (Å²) in [7, 11) is 2.94. The maximum absolute atomic E-state index is 12.2. The van der Waals surface area contributed by atoms with Crippen molar-refractivity contribution in [3.63, 3.8) is 0 Å². The fraction of sp³-hybridized carbons (Fsp3) is 0.133. The van der Waals surface area contributed by atoms with Gasteiger partial charge in [-0.3, -0.25) is 19.4 Å². The summed E-state index contributed by atoms with van der Waals surface area (Å²) in [4.78, 5) is 32.3. The lowest BCUT2D eigenvalue weighted by Gasteiger charge is -2.06. The summed E-state index contributed by atoms with van der Waals surface area (Å²) in [5.41, 5.74) is 3.01. The Hall–Kier alpha value is -2.81. The predicted molar refractivity (Wildman–Crippen MR) is 95.4 cm³/mol. The molecule has 2 aromatic heterocycles. The van der Waals surface area contributed by atoms with Gasteiger partial charge in [0.25, 0.3) is 5.56 Å². The van der Waals surface area contributed by atoms with E-state index in [1.165, 1.54) is 24.9 Å². The van der Waals surface area contributed by atoms with Gasteiger partial charge in [-0.05, 0) is 17.7 Å². The highest BCUT2D eigenvalue weighted by atomic mass is 79.9. The Morgan fingerprint density at radius 1 is 1.17 bits per heavy atom. The zero-order valence-electron chi connectivity index (χ0n) is 12.9. The lowest BCUT2D eigenvalue weighted by Crippen LogP contribution is -2.37. The molecule has 1 aromatic carbocycles. The van der Waals surface area contributed by atoms with Gasteiger partial charge >= 0.3 is 5.69 Å². The number of aromatic nitrogens is 4. The Balaban J connectivity index is 1.92. The topological polar surface area (TPSA) is 94.2 Å². The highest BCUT2D eigenvalue weighted by molar-refractivity contribution is 9.10. The molecule has 24 heavy (non-hydrogen) atoms. The molecule has 8 nitrogen and oxygen atoms in total. The summed E-state index contributed by atoms with van der Waals surface area (Å²) in [6, 6.07) is 7.60. The van der Waals surface area contributed by atoms with Crippen LogP contribution >= 0.6 is 15.9 Å². The quantitative estimate of drug-likeness (QED) is 0.537. The zero-order chi connectivity index (χ0) is 17.3. The van der Waals surface area contributed by atoms with Gasteiger partial charge in [-0.2, -0.15) is 5.10 Å². The molecular weight excluding hydrogens is 376 g/mol. The van der Waals surface area contributed by atoms with Gasteiger partial charge in [0.05, 0.1) is 12.4 Å². The minimum Gasteiger partial charge on any atom is -0.279 e. The number of halogens is 1. The minimum atomic E-state index is -0.499.